The molecule has 0 saturated carbocycles. The minimum atomic E-state index is -0.890. The van der Waals surface area contributed by atoms with Crippen LogP contribution in [0.2, 0.25) is 0 Å². The summed E-state index contributed by atoms with van der Waals surface area (Å²) in [5.74, 6) is -2.66. The Balaban J connectivity index is 1.78. The van der Waals surface area contributed by atoms with Crippen LogP contribution in [-0.4, -0.2) is 44.3 Å². The number of carboxylic acid groups (broad SMARTS) is 1. The van der Waals surface area contributed by atoms with Gasteiger partial charge in [0, 0.05) is 31.3 Å². The lowest BCUT2D eigenvalue weighted by Gasteiger charge is -2.35. The minimum absolute atomic E-state index is 0.00365. The van der Waals surface area contributed by atoms with E-state index in [1.807, 2.05) is 0 Å². The molecular formula is C18H19F2N3O3. The molecule has 26 heavy (non-hydrogen) atoms. The largest absolute Gasteiger partial charge is 0.481 e. The maximum absolute atomic E-state index is 13.9. The Morgan fingerprint density at radius 2 is 2.04 bits per heavy atom. The zero-order valence-corrected chi connectivity index (χ0v) is 14.1. The predicted molar refractivity (Wildman–Crippen MR) is 89.0 cm³/mol. The average molecular weight is 363 g/mol. The van der Waals surface area contributed by atoms with Crippen molar-refractivity contribution in [2.75, 3.05) is 6.54 Å². The Kier molecular flexibility index (Phi) is 5.29. The van der Waals surface area contributed by atoms with Gasteiger partial charge in [0.25, 0.3) is 5.91 Å². The summed E-state index contributed by atoms with van der Waals surface area (Å²) in [4.78, 5) is 25.3. The number of likely N-dealkylation sites (tertiary alicyclic amines) is 1. The lowest BCUT2D eigenvalue weighted by molar-refractivity contribution is -0.137. The molecule has 6 nitrogen and oxygen atoms in total. The van der Waals surface area contributed by atoms with Crippen molar-refractivity contribution in [2.45, 2.75) is 38.1 Å². The zero-order chi connectivity index (χ0) is 18.7. The van der Waals surface area contributed by atoms with E-state index in [-0.39, 0.29) is 29.8 Å². The van der Waals surface area contributed by atoms with Crippen LogP contribution < -0.4 is 0 Å². The van der Waals surface area contributed by atoms with Crippen LogP contribution >= 0.6 is 0 Å². The van der Waals surface area contributed by atoms with Crippen LogP contribution in [0.3, 0.4) is 0 Å². The number of benzene rings is 1. The molecule has 0 radical (unpaired) electrons. The highest BCUT2D eigenvalue weighted by molar-refractivity contribution is 5.92. The fourth-order valence-corrected chi connectivity index (χ4v) is 3.24. The van der Waals surface area contributed by atoms with Gasteiger partial charge in [-0.3, -0.25) is 9.59 Å². The highest BCUT2D eigenvalue weighted by Gasteiger charge is 2.29. The third kappa shape index (κ3) is 3.89. The number of halogens is 2. The molecule has 2 heterocycles. The smallest absolute Gasteiger partial charge is 0.303 e. The van der Waals surface area contributed by atoms with Gasteiger partial charge in [-0.15, -0.1) is 0 Å². The third-order valence-electron chi connectivity index (χ3n) is 4.54. The molecule has 8 heteroatoms. The van der Waals surface area contributed by atoms with Crippen LogP contribution in [0, 0.1) is 11.6 Å². The Morgan fingerprint density at radius 3 is 2.77 bits per heavy atom. The molecule has 1 saturated heterocycles. The summed E-state index contributed by atoms with van der Waals surface area (Å²) in [5.41, 5.74) is 0.197. The number of hydrogen-bond donors (Lipinski definition) is 1. The molecule has 138 valence electrons. The van der Waals surface area contributed by atoms with E-state index in [4.69, 9.17) is 5.11 Å². The van der Waals surface area contributed by atoms with Crippen molar-refractivity contribution in [3.8, 4) is 5.69 Å². The van der Waals surface area contributed by atoms with E-state index in [1.165, 1.54) is 23.0 Å². The van der Waals surface area contributed by atoms with Gasteiger partial charge in [0.05, 0.1) is 0 Å². The first-order chi connectivity index (χ1) is 12.5. The maximum atomic E-state index is 13.9. The van der Waals surface area contributed by atoms with Crippen molar-refractivity contribution >= 4 is 11.9 Å². The predicted octanol–water partition coefficient (Wildman–Crippen LogP) is 3.01. The molecule has 0 spiro atoms. The van der Waals surface area contributed by atoms with Crippen LogP contribution in [0.25, 0.3) is 5.69 Å². The fraction of sp³-hybridized carbons (Fsp3) is 0.389. The molecule has 0 aliphatic carbocycles. The van der Waals surface area contributed by atoms with Gasteiger partial charge in [-0.05, 0) is 43.9 Å². The van der Waals surface area contributed by atoms with Crippen molar-refractivity contribution in [1.82, 2.24) is 14.7 Å². The van der Waals surface area contributed by atoms with Crippen molar-refractivity contribution in [3.05, 3.63) is 47.8 Å². The summed E-state index contributed by atoms with van der Waals surface area (Å²) in [6, 6.07) is 4.47. The zero-order valence-electron chi connectivity index (χ0n) is 14.1. The Morgan fingerprint density at radius 1 is 1.23 bits per heavy atom. The average Bonchev–Trinajstić information content (AvgIpc) is 3.09. The van der Waals surface area contributed by atoms with Gasteiger partial charge in [0.15, 0.2) is 11.5 Å². The van der Waals surface area contributed by atoms with E-state index < -0.39 is 17.6 Å². The van der Waals surface area contributed by atoms with E-state index in [0.29, 0.717) is 13.0 Å². The van der Waals surface area contributed by atoms with Crippen LogP contribution in [0.4, 0.5) is 8.78 Å². The first kappa shape index (κ1) is 18.0. The quantitative estimate of drug-likeness (QED) is 0.886. The SMILES string of the molecule is O=C(O)CCC1CCCCN1C(=O)c1ccn(-c2ccc(F)cc2F)n1. The summed E-state index contributed by atoms with van der Waals surface area (Å²) >= 11 is 0. The number of carboxylic acids is 1. The molecule has 0 bridgehead atoms. The van der Waals surface area contributed by atoms with Crippen LogP contribution in [-0.2, 0) is 4.79 Å². The summed E-state index contributed by atoms with van der Waals surface area (Å²) in [6.07, 6.45) is 4.40. The molecule has 1 N–H and O–H groups in total. The molecular weight excluding hydrogens is 344 g/mol. The normalized spacial score (nSPS) is 17.3. The monoisotopic (exact) mass is 363 g/mol. The Hall–Kier alpha value is -2.77. The van der Waals surface area contributed by atoms with Gasteiger partial charge >= 0.3 is 5.97 Å². The van der Waals surface area contributed by atoms with Crippen LogP contribution in [0.5, 0.6) is 0 Å². The Labute approximate surface area is 149 Å². The second-order valence-electron chi connectivity index (χ2n) is 6.32. The molecule has 1 unspecified atom stereocenters. The van der Waals surface area contributed by atoms with Crippen molar-refractivity contribution in [3.63, 3.8) is 0 Å². The van der Waals surface area contributed by atoms with Crippen molar-refractivity contribution in [1.29, 1.82) is 0 Å². The molecule has 3 rings (SSSR count). The topological polar surface area (TPSA) is 75.4 Å². The Bertz CT molecular complexity index is 822. The molecule has 1 fully saturated rings. The number of aromatic nitrogens is 2. The summed E-state index contributed by atoms with van der Waals surface area (Å²) in [7, 11) is 0. The lowest BCUT2D eigenvalue weighted by Crippen LogP contribution is -2.44. The number of aliphatic carboxylic acids is 1. The summed E-state index contributed by atoms with van der Waals surface area (Å²) in [6.45, 7) is 0.543. The number of piperidine rings is 1. The molecule has 2 aromatic rings. The molecule has 1 amide bonds. The second-order valence-corrected chi connectivity index (χ2v) is 6.32. The highest BCUT2D eigenvalue weighted by atomic mass is 19.1. The second kappa shape index (κ2) is 7.63. The van der Waals surface area contributed by atoms with E-state index in [2.05, 4.69) is 5.10 Å². The number of nitrogens with zero attached hydrogens (tertiary/aromatic N) is 3. The van der Waals surface area contributed by atoms with Crippen LogP contribution in [0.15, 0.2) is 30.5 Å². The van der Waals surface area contributed by atoms with Crippen molar-refractivity contribution < 1.29 is 23.5 Å². The molecule has 1 atom stereocenters. The van der Waals surface area contributed by atoms with Gasteiger partial charge in [0.1, 0.15) is 11.5 Å². The van der Waals surface area contributed by atoms with Gasteiger partial charge in [-0.2, -0.15) is 5.10 Å². The molecule has 1 aliphatic rings. The fourth-order valence-electron chi connectivity index (χ4n) is 3.24. The number of rotatable bonds is 5. The van der Waals surface area contributed by atoms with Crippen molar-refractivity contribution in [2.24, 2.45) is 0 Å². The lowest BCUT2D eigenvalue weighted by atomic mass is 9.97. The molecule has 1 aliphatic heterocycles. The number of amides is 1. The summed E-state index contributed by atoms with van der Waals surface area (Å²) in [5, 5.41) is 13.0. The maximum Gasteiger partial charge on any atom is 0.303 e. The first-order valence-corrected chi connectivity index (χ1v) is 8.49. The first-order valence-electron chi connectivity index (χ1n) is 8.49. The van der Waals surface area contributed by atoms with E-state index in [1.54, 1.807) is 4.90 Å². The van der Waals surface area contributed by atoms with E-state index in [0.717, 1.165) is 31.4 Å². The standard InChI is InChI=1S/C18H19F2N3O3/c19-12-4-6-16(14(20)11-12)23-10-8-15(21-23)18(26)22-9-2-1-3-13(22)5-7-17(24)25/h4,6,8,10-11,13H,1-3,5,7,9H2,(H,24,25). The number of carbonyl (C=O) groups is 2. The van der Waals surface area contributed by atoms with Gasteiger partial charge in [0.2, 0.25) is 0 Å². The van der Waals surface area contributed by atoms with E-state index in [9.17, 15) is 18.4 Å². The third-order valence-corrected chi connectivity index (χ3v) is 4.54. The van der Waals surface area contributed by atoms with Crippen LogP contribution in [0.1, 0.15) is 42.6 Å². The van der Waals surface area contributed by atoms with Gasteiger partial charge < -0.3 is 10.0 Å². The summed E-state index contributed by atoms with van der Waals surface area (Å²) < 4.78 is 28.1. The number of carbonyl (C=O) groups excluding carboxylic acids is 1. The minimum Gasteiger partial charge on any atom is -0.481 e. The van der Waals surface area contributed by atoms with E-state index >= 15 is 0 Å². The highest BCUT2D eigenvalue weighted by Crippen LogP contribution is 2.23. The number of hydrogen-bond acceptors (Lipinski definition) is 3. The van der Waals surface area contributed by atoms with Gasteiger partial charge in [-0.1, -0.05) is 0 Å². The van der Waals surface area contributed by atoms with Gasteiger partial charge in [-0.25, -0.2) is 13.5 Å². The molecule has 1 aromatic carbocycles. The molecule has 1 aromatic heterocycles.